The van der Waals surface area contributed by atoms with Crippen molar-refractivity contribution in [2.24, 2.45) is 0 Å². The first-order chi connectivity index (χ1) is 10.9. The molecule has 0 radical (unpaired) electrons. The molecule has 1 aromatic heterocycles. The minimum absolute atomic E-state index is 0.0435. The Bertz CT molecular complexity index is 614. The lowest BCUT2D eigenvalue weighted by atomic mass is 10.0. The highest BCUT2D eigenvalue weighted by molar-refractivity contribution is 5.90. The molecule has 112 valence electrons. The first-order valence-electron chi connectivity index (χ1n) is 8.45. The average Bonchev–Trinajstić information content (AvgIpc) is 2.81. The number of H-pyrrole nitrogens is 1. The van der Waals surface area contributed by atoms with Gasteiger partial charge in [0.1, 0.15) is 11.3 Å². The Labute approximate surface area is 125 Å². The average molecular weight is 285 g/mol. The number of carbonyl (C=O) groups excluding carboxylic acids is 2. The van der Waals surface area contributed by atoms with Gasteiger partial charge in [0.15, 0.2) is 0 Å². The van der Waals surface area contributed by atoms with Gasteiger partial charge in [-0.3, -0.25) is 4.79 Å². The monoisotopic (exact) mass is 285 g/mol. The molecular weight excluding hydrogens is 258 g/mol. The highest BCUT2D eigenvalue weighted by Gasteiger charge is 2.23. The van der Waals surface area contributed by atoms with Crippen molar-refractivity contribution in [3.8, 4) is 0 Å². The number of rotatable bonds is 4. The lowest BCUT2D eigenvalue weighted by molar-refractivity contribution is -0.140. The molecule has 0 spiro atoms. The topological polar surface area (TPSA) is 68.4 Å². The van der Waals surface area contributed by atoms with Gasteiger partial charge in [-0.1, -0.05) is 0 Å². The van der Waals surface area contributed by atoms with E-state index in [-0.39, 0.29) is 42.3 Å². The molecule has 0 bridgehead atoms. The van der Waals surface area contributed by atoms with Crippen molar-refractivity contribution >= 4 is 11.9 Å². The zero-order valence-corrected chi connectivity index (χ0v) is 12.3. The normalized spacial score (nSPS) is 14.8. The molecule has 0 saturated heterocycles. The van der Waals surface area contributed by atoms with Gasteiger partial charge in [0, 0.05) is 17.6 Å². The van der Waals surface area contributed by atoms with Crippen LogP contribution in [0.2, 0.25) is 0 Å². The number of carbonyl (C=O) groups is 2. The summed E-state index contributed by atoms with van der Waals surface area (Å²) < 4.78 is 40.6. The van der Waals surface area contributed by atoms with Crippen molar-refractivity contribution < 1.29 is 24.5 Å². The summed E-state index contributed by atoms with van der Waals surface area (Å²) in [5, 5.41) is 0. The van der Waals surface area contributed by atoms with Gasteiger partial charge in [-0.15, -0.1) is 0 Å². The fourth-order valence-electron chi connectivity index (χ4n) is 1.68. The van der Waals surface area contributed by atoms with Crippen molar-refractivity contribution in [1.29, 1.82) is 0 Å². The van der Waals surface area contributed by atoms with Gasteiger partial charge in [-0.25, -0.2) is 4.79 Å². The second-order valence-corrected chi connectivity index (χ2v) is 5.41. The van der Waals surface area contributed by atoms with Gasteiger partial charge in [-0.2, -0.15) is 0 Å². The number of hydrogen-bond donors (Lipinski definition) is 1. The summed E-state index contributed by atoms with van der Waals surface area (Å²) in [5.41, 5.74) is -0.612. The van der Waals surface area contributed by atoms with E-state index in [1.165, 1.54) is 7.11 Å². The largest absolute Gasteiger partial charge is 0.469 e. The number of hydrogen-bond acceptors (Lipinski definition) is 4. The molecule has 5 heteroatoms. The first-order valence-corrected chi connectivity index (χ1v) is 6.24. The molecule has 0 atom stereocenters. The molecule has 1 N–H and O–H groups in total. The molecular formula is C15H23NO4. The Morgan fingerprint density at radius 3 is 2.55 bits per heavy atom. The van der Waals surface area contributed by atoms with Crippen LogP contribution in [0.5, 0.6) is 0 Å². The Kier molecular flexibility index (Phi) is 3.35. The molecule has 0 saturated carbocycles. The Morgan fingerprint density at radius 2 is 2.05 bits per heavy atom. The van der Waals surface area contributed by atoms with Gasteiger partial charge < -0.3 is 14.5 Å². The van der Waals surface area contributed by atoms with Gasteiger partial charge in [0.05, 0.1) is 7.11 Å². The molecule has 0 aliphatic rings. The van der Waals surface area contributed by atoms with E-state index < -0.39 is 24.4 Å². The fourth-order valence-corrected chi connectivity index (χ4v) is 1.68. The van der Waals surface area contributed by atoms with Gasteiger partial charge in [-0.05, 0) is 52.1 Å². The predicted octanol–water partition coefficient (Wildman–Crippen LogP) is 2.69. The van der Waals surface area contributed by atoms with E-state index in [1.807, 2.05) is 0 Å². The smallest absolute Gasteiger partial charge is 0.355 e. The van der Waals surface area contributed by atoms with Gasteiger partial charge in [0.25, 0.3) is 0 Å². The van der Waals surface area contributed by atoms with Crippen LogP contribution in [0.15, 0.2) is 0 Å². The summed E-state index contributed by atoms with van der Waals surface area (Å²) in [5.74, 6) is -1.30. The van der Waals surface area contributed by atoms with E-state index in [4.69, 9.17) is 10.2 Å². The second kappa shape index (κ2) is 6.11. The lowest BCUT2D eigenvalue weighted by Crippen LogP contribution is -2.24. The first kappa shape index (κ1) is 10.9. The maximum atomic E-state index is 12.3. The fraction of sp³-hybridized carbons (Fsp3) is 0.600. The van der Waals surface area contributed by atoms with E-state index in [2.05, 4.69) is 9.72 Å². The van der Waals surface area contributed by atoms with Crippen molar-refractivity contribution in [1.82, 2.24) is 4.98 Å². The molecule has 0 unspecified atom stereocenters. The number of aromatic nitrogens is 1. The van der Waals surface area contributed by atoms with Crippen LogP contribution < -0.4 is 0 Å². The second-order valence-electron chi connectivity index (χ2n) is 5.41. The highest BCUT2D eigenvalue weighted by atomic mass is 16.6. The SMILES string of the molecule is [2H]Cc1[nH]c(C(=O)OC(C)(C)C)c(C([2H])([2H])[2H])c1CCC(=O)OC. The maximum absolute atomic E-state index is 12.3. The Balaban J connectivity index is 3.36. The molecule has 0 aliphatic carbocycles. The standard InChI is InChI=1S/C15H23NO4/c1-9-11(7-8-12(17)19-6)10(2)16-13(9)14(18)20-15(3,4)5/h16H,7-8H2,1-6H3/i1D3,2D. The van der Waals surface area contributed by atoms with Crippen LogP contribution in [0.1, 0.15) is 60.0 Å². The Hall–Kier alpha value is -1.78. The number of nitrogens with one attached hydrogen (secondary N) is 1. The van der Waals surface area contributed by atoms with Crippen molar-refractivity contribution in [2.75, 3.05) is 7.11 Å². The summed E-state index contributed by atoms with van der Waals surface area (Å²) >= 11 is 0. The predicted molar refractivity (Wildman–Crippen MR) is 75.8 cm³/mol. The van der Waals surface area contributed by atoms with Crippen LogP contribution in [0.3, 0.4) is 0 Å². The molecule has 20 heavy (non-hydrogen) atoms. The third kappa shape index (κ3) is 4.11. The van der Waals surface area contributed by atoms with Crippen LogP contribution in [0, 0.1) is 13.8 Å². The summed E-state index contributed by atoms with van der Waals surface area (Å²) in [6, 6.07) is 0. The van der Waals surface area contributed by atoms with E-state index in [0.717, 1.165) is 0 Å². The van der Waals surface area contributed by atoms with Crippen LogP contribution >= 0.6 is 0 Å². The van der Waals surface area contributed by atoms with Crippen LogP contribution in [0.4, 0.5) is 0 Å². The molecule has 1 heterocycles. The van der Waals surface area contributed by atoms with Gasteiger partial charge in [0.2, 0.25) is 0 Å². The molecule has 0 amide bonds. The number of aromatic amines is 1. The number of ether oxygens (including phenoxy) is 2. The van der Waals surface area contributed by atoms with E-state index in [9.17, 15) is 9.59 Å². The van der Waals surface area contributed by atoms with Crippen molar-refractivity contribution in [3.05, 3.63) is 22.5 Å². The summed E-state index contributed by atoms with van der Waals surface area (Å²) in [7, 11) is 1.24. The molecule has 0 aromatic carbocycles. The number of aryl methyl sites for hydroxylation is 1. The van der Waals surface area contributed by atoms with Crippen LogP contribution in [-0.2, 0) is 20.7 Å². The minimum Gasteiger partial charge on any atom is -0.469 e. The third-order valence-electron chi connectivity index (χ3n) is 2.60. The summed E-state index contributed by atoms with van der Waals surface area (Å²) in [6.45, 7) is 2.19. The van der Waals surface area contributed by atoms with E-state index in [0.29, 0.717) is 0 Å². The zero-order valence-electron chi connectivity index (χ0n) is 16.3. The van der Waals surface area contributed by atoms with Crippen LogP contribution in [0.25, 0.3) is 0 Å². The Morgan fingerprint density at radius 1 is 1.35 bits per heavy atom. The van der Waals surface area contributed by atoms with E-state index in [1.54, 1.807) is 20.8 Å². The maximum Gasteiger partial charge on any atom is 0.355 e. The minimum atomic E-state index is -2.58. The molecule has 1 rings (SSSR count). The lowest BCUT2D eigenvalue weighted by Gasteiger charge is -2.19. The van der Waals surface area contributed by atoms with Crippen molar-refractivity contribution in [3.63, 3.8) is 0 Å². The molecule has 5 nitrogen and oxygen atoms in total. The third-order valence-corrected chi connectivity index (χ3v) is 2.60. The molecule has 0 aliphatic heterocycles. The highest BCUT2D eigenvalue weighted by Crippen LogP contribution is 2.22. The van der Waals surface area contributed by atoms with Crippen LogP contribution in [-0.4, -0.2) is 29.6 Å². The molecule has 1 aromatic rings. The zero-order chi connectivity index (χ0) is 18.7. The van der Waals surface area contributed by atoms with Crippen molar-refractivity contribution in [2.45, 2.75) is 53.0 Å². The van der Waals surface area contributed by atoms with Gasteiger partial charge >= 0.3 is 11.9 Å². The summed E-state index contributed by atoms with van der Waals surface area (Å²) in [6.07, 6.45) is 0.0199. The number of methoxy groups -OCH3 is 1. The summed E-state index contributed by atoms with van der Waals surface area (Å²) in [4.78, 5) is 26.4. The molecule has 0 fully saturated rings. The quantitative estimate of drug-likeness (QED) is 0.864. The van der Waals surface area contributed by atoms with E-state index >= 15 is 0 Å². The number of esters is 2.